The van der Waals surface area contributed by atoms with Crippen molar-refractivity contribution in [1.82, 2.24) is 4.98 Å². The van der Waals surface area contributed by atoms with E-state index in [1.165, 1.54) is 0 Å². The summed E-state index contributed by atoms with van der Waals surface area (Å²) in [5, 5.41) is 4.61. The van der Waals surface area contributed by atoms with Crippen LogP contribution in [0.2, 0.25) is 0 Å². The summed E-state index contributed by atoms with van der Waals surface area (Å²) in [4.78, 5) is 1.28. The third kappa shape index (κ3) is 3.36. The summed E-state index contributed by atoms with van der Waals surface area (Å²) < 4.78 is 85.0. The van der Waals surface area contributed by atoms with E-state index in [0.29, 0.717) is 6.07 Å². The number of sulfonamides is 1. The third-order valence-corrected chi connectivity index (χ3v) is 3.03. The number of nitrogens with zero attached hydrogens (tertiary/aromatic N) is 1. The van der Waals surface area contributed by atoms with Gasteiger partial charge in [0.25, 0.3) is 6.43 Å². The Balaban J connectivity index is 3.73. The van der Waals surface area contributed by atoms with E-state index >= 15 is 0 Å². The lowest BCUT2D eigenvalue weighted by Crippen LogP contribution is -2.23. The Bertz CT molecular complexity index is 585. The molecule has 1 heterocycles. The molecule has 0 radical (unpaired) electrons. The molecule has 0 spiro atoms. The second-order valence-corrected chi connectivity index (χ2v) is 4.96. The molecule has 0 fully saturated rings. The number of alkyl halides is 5. The summed E-state index contributed by atoms with van der Waals surface area (Å²) in [6.07, 6.45) is -8.56. The van der Waals surface area contributed by atoms with Crippen LogP contribution in [-0.4, -0.2) is 13.4 Å². The quantitative estimate of drug-likeness (QED) is 0.818. The number of hydrogen-bond acceptors (Lipinski definition) is 4. The lowest BCUT2D eigenvalue weighted by Gasteiger charge is -2.14. The molecular weight excluding hydrogens is 297 g/mol. The molecule has 0 aliphatic carbocycles. The highest BCUT2D eigenvalue weighted by atomic mass is 32.2. The minimum atomic E-state index is -5.24. The van der Waals surface area contributed by atoms with Gasteiger partial charge < -0.3 is 5.73 Å². The van der Waals surface area contributed by atoms with Gasteiger partial charge in [0, 0.05) is 6.54 Å². The first-order valence-corrected chi connectivity index (χ1v) is 6.15. The van der Waals surface area contributed by atoms with Crippen LogP contribution in [0.4, 0.5) is 22.0 Å². The molecular formula is C8H8F5N3O2S. The van der Waals surface area contributed by atoms with Gasteiger partial charge in [-0.25, -0.2) is 27.3 Å². The van der Waals surface area contributed by atoms with Crippen molar-refractivity contribution in [2.75, 3.05) is 0 Å². The number of hydrogen-bond donors (Lipinski definition) is 2. The molecule has 1 aromatic rings. The predicted octanol–water partition coefficient (Wildman–Crippen LogP) is 1.14. The number of rotatable bonds is 3. The Morgan fingerprint density at radius 2 is 1.84 bits per heavy atom. The molecule has 19 heavy (non-hydrogen) atoms. The Kier molecular flexibility index (Phi) is 4.12. The summed E-state index contributed by atoms with van der Waals surface area (Å²) in [6.45, 7) is -0.604. The van der Waals surface area contributed by atoms with Crippen LogP contribution in [0.1, 0.15) is 23.4 Å². The van der Waals surface area contributed by atoms with Gasteiger partial charge in [-0.05, 0) is 11.6 Å². The molecule has 0 bridgehead atoms. The molecule has 0 atom stereocenters. The first-order valence-electron chi connectivity index (χ1n) is 4.60. The molecule has 4 N–H and O–H groups in total. The molecule has 0 amide bonds. The zero-order valence-corrected chi connectivity index (χ0v) is 9.89. The minimum absolute atomic E-state index is 0.368. The van der Waals surface area contributed by atoms with E-state index in [-0.39, 0.29) is 0 Å². The zero-order valence-electron chi connectivity index (χ0n) is 9.08. The van der Waals surface area contributed by atoms with Crippen molar-refractivity contribution in [1.29, 1.82) is 0 Å². The highest BCUT2D eigenvalue weighted by Crippen LogP contribution is 2.35. The second kappa shape index (κ2) is 4.98. The van der Waals surface area contributed by atoms with Gasteiger partial charge in [0.15, 0.2) is 5.69 Å². The van der Waals surface area contributed by atoms with Gasteiger partial charge in [-0.15, -0.1) is 0 Å². The lowest BCUT2D eigenvalue weighted by atomic mass is 10.1. The minimum Gasteiger partial charge on any atom is -0.326 e. The first-order chi connectivity index (χ1) is 8.48. The molecule has 11 heteroatoms. The van der Waals surface area contributed by atoms with Crippen LogP contribution >= 0.6 is 0 Å². The van der Waals surface area contributed by atoms with Gasteiger partial charge in [0.05, 0.1) is 0 Å². The fourth-order valence-corrected chi connectivity index (χ4v) is 2.06. The van der Waals surface area contributed by atoms with E-state index in [2.05, 4.69) is 10.1 Å². The summed E-state index contributed by atoms with van der Waals surface area (Å²) in [7, 11) is -4.77. The van der Waals surface area contributed by atoms with E-state index in [1.807, 2.05) is 0 Å². The van der Waals surface area contributed by atoms with E-state index in [1.54, 1.807) is 0 Å². The van der Waals surface area contributed by atoms with Gasteiger partial charge in [-0.1, -0.05) is 0 Å². The monoisotopic (exact) mass is 305 g/mol. The maximum absolute atomic E-state index is 12.6. The van der Waals surface area contributed by atoms with E-state index in [9.17, 15) is 30.4 Å². The van der Waals surface area contributed by atoms with Crippen molar-refractivity contribution in [3.63, 3.8) is 0 Å². The zero-order chi connectivity index (χ0) is 15.0. The smallest absolute Gasteiger partial charge is 0.326 e. The molecule has 1 rings (SSSR count). The number of halogens is 5. The lowest BCUT2D eigenvalue weighted by molar-refractivity contribution is -0.143. The fraction of sp³-hybridized carbons (Fsp3) is 0.375. The molecule has 108 valence electrons. The van der Waals surface area contributed by atoms with Crippen LogP contribution < -0.4 is 10.9 Å². The number of primary sulfonamides is 1. The summed E-state index contributed by atoms with van der Waals surface area (Å²) in [5.74, 6) is 0. The Hall–Kier alpha value is -1.33. The average Bonchev–Trinajstić information content (AvgIpc) is 2.24. The molecule has 0 aliphatic heterocycles. The highest BCUT2D eigenvalue weighted by Gasteiger charge is 2.40. The summed E-state index contributed by atoms with van der Waals surface area (Å²) in [6, 6.07) is 0.368. The van der Waals surface area contributed by atoms with Gasteiger partial charge in [-0.3, -0.25) is 0 Å². The Morgan fingerprint density at radius 1 is 1.32 bits per heavy atom. The maximum Gasteiger partial charge on any atom is 0.434 e. The standard InChI is InChI=1S/C8H8F5N3O2S/c9-7(10)5-3(2-14)1-4(19(15,17)18)6(16-5)8(11,12)13/h1,7H,2,14H2,(H2,15,17,18). The molecule has 0 saturated heterocycles. The van der Waals surface area contributed by atoms with Crippen molar-refractivity contribution in [3.8, 4) is 0 Å². The van der Waals surface area contributed by atoms with Gasteiger partial charge in [-0.2, -0.15) is 13.2 Å². The summed E-state index contributed by atoms with van der Waals surface area (Å²) in [5.41, 5.74) is 1.34. The fourth-order valence-electron chi connectivity index (χ4n) is 1.32. The van der Waals surface area contributed by atoms with E-state index in [0.717, 1.165) is 0 Å². The third-order valence-electron chi connectivity index (χ3n) is 2.10. The predicted molar refractivity (Wildman–Crippen MR) is 53.5 cm³/mol. The Labute approximate surface area is 104 Å². The molecule has 0 saturated carbocycles. The van der Waals surface area contributed by atoms with Gasteiger partial charge in [0.2, 0.25) is 10.0 Å². The van der Waals surface area contributed by atoms with Crippen LogP contribution in [0, 0.1) is 0 Å². The normalized spacial score (nSPS) is 13.1. The number of nitrogens with two attached hydrogens (primary N) is 2. The van der Waals surface area contributed by atoms with Crippen LogP contribution in [0.25, 0.3) is 0 Å². The van der Waals surface area contributed by atoms with Crippen LogP contribution in [-0.2, 0) is 22.7 Å². The second-order valence-electron chi connectivity index (χ2n) is 3.43. The number of aromatic nitrogens is 1. The summed E-state index contributed by atoms with van der Waals surface area (Å²) >= 11 is 0. The van der Waals surface area contributed by atoms with Crippen molar-refractivity contribution < 1.29 is 30.4 Å². The van der Waals surface area contributed by atoms with Gasteiger partial charge in [0.1, 0.15) is 10.6 Å². The van der Waals surface area contributed by atoms with E-state index in [4.69, 9.17) is 5.73 Å². The Morgan fingerprint density at radius 3 is 2.16 bits per heavy atom. The molecule has 5 nitrogen and oxygen atoms in total. The van der Waals surface area contributed by atoms with Gasteiger partial charge >= 0.3 is 6.18 Å². The maximum atomic E-state index is 12.6. The van der Waals surface area contributed by atoms with Crippen LogP contribution in [0.3, 0.4) is 0 Å². The first kappa shape index (κ1) is 15.7. The van der Waals surface area contributed by atoms with Crippen molar-refractivity contribution in [2.24, 2.45) is 10.9 Å². The molecule has 1 aromatic heterocycles. The molecule has 0 aromatic carbocycles. The van der Waals surface area contributed by atoms with Crippen LogP contribution in [0.5, 0.6) is 0 Å². The van der Waals surface area contributed by atoms with Crippen LogP contribution in [0.15, 0.2) is 11.0 Å². The number of pyridine rings is 1. The van der Waals surface area contributed by atoms with Crippen molar-refractivity contribution >= 4 is 10.0 Å². The van der Waals surface area contributed by atoms with E-state index < -0.39 is 51.0 Å². The molecule has 0 aliphatic rings. The SMILES string of the molecule is NCc1cc(S(N)(=O)=O)c(C(F)(F)F)nc1C(F)F. The average molecular weight is 305 g/mol. The van der Waals surface area contributed by atoms with Crippen molar-refractivity contribution in [2.45, 2.75) is 24.0 Å². The topological polar surface area (TPSA) is 99.1 Å². The molecule has 0 unspecified atom stereocenters. The van der Waals surface area contributed by atoms with Crippen molar-refractivity contribution in [3.05, 3.63) is 23.0 Å². The largest absolute Gasteiger partial charge is 0.434 e. The highest BCUT2D eigenvalue weighted by molar-refractivity contribution is 7.89.